The first kappa shape index (κ1) is 14.8. The molecule has 0 bridgehead atoms. The SMILES string of the molecule is CC1(C)OB(c2cc(CCN)cc(Cl)n2)OC1(C)C. The van der Waals surface area contributed by atoms with E-state index in [1.165, 1.54) is 0 Å². The highest BCUT2D eigenvalue weighted by atomic mass is 35.5. The molecule has 1 aromatic rings. The zero-order chi connectivity index (χ0) is 14.3. The third-order valence-electron chi connectivity index (χ3n) is 3.80. The number of nitrogens with zero attached hydrogens (tertiary/aromatic N) is 1. The maximum atomic E-state index is 6.04. The van der Waals surface area contributed by atoms with E-state index in [1.807, 2.05) is 39.8 Å². The Bertz CT molecular complexity index is 464. The zero-order valence-electron chi connectivity index (χ0n) is 11.9. The van der Waals surface area contributed by atoms with Crippen molar-refractivity contribution in [2.24, 2.45) is 5.73 Å². The predicted molar refractivity (Wildman–Crippen MR) is 77.7 cm³/mol. The lowest BCUT2D eigenvalue weighted by Gasteiger charge is -2.32. The molecule has 0 aromatic carbocycles. The quantitative estimate of drug-likeness (QED) is 0.675. The van der Waals surface area contributed by atoms with Crippen molar-refractivity contribution < 1.29 is 9.31 Å². The number of hydrogen-bond donors (Lipinski definition) is 1. The molecule has 2 heterocycles. The van der Waals surface area contributed by atoms with Gasteiger partial charge in [0.05, 0.1) is 16.8 Å². The summed E-state index contributed by atoms with van der Waals surface area (Å²) in [6.07, 6.45) is 0.759. The van der Waals surface area contributed by atoms with Crippen LogP contribution in [-0.4, -0.2) is 29.8 Å². The van der Waals surface area contributed by atoms with Gasteiger partial charge in [0.25, 0.3) is 0 Å². The number of halogens is 1. The van der Waals surface area contributed by atoms with Crippen LogP contribution in [0.3, 0.4) is 0 Å². The van der Waals surface area contributed by atoms with E-state index >= 15 is 0 Å². The van der Waals surface area contributed by atoms with Crippen LogP contribution < -0.4 is 11.3 Å². The normalized spacial score (nSPS) is 20.8. The van der Waals surface area contributed by atoms with E-state index in [0.29, 0.717) is 17.3 Å². The van der Waals surface area contributed by atoms with Crippen LogP contribution >= 0.6 is 11.6 Å². The van der Waals surface area contributed by atoms with Crippen molar-refractivity contribution in [3.63, 3.8) is 0 Å². The molecule has 6 heteroatoms. The van der Waals surface area contributed by atoms with E-state index in [0.717, 1.165) is 12.0 Å². The highest BCUT2D eigenvalue weighted by molar-refractivity contribution is 6.61. The largest absolute Gasteiger partial charge is 0.514 e. The fourth-order valence-electron chi connectivity index (χ4n) is 1.97. The Balaban J connectivity index is 2.29. The van der Waals surface area contributed by atoms with Gasteiger partial charge in [-0.25, -0.2) is 4.98 Å². The number of aromatic nitrogens is 1. The molecule has 1 fully saturated rings. The number of pyridine rings is 1. The lowest BCUT2D eigenvalue weighted by Crippen LogP contribution is -2.41. The molecule has 0 atom stereocenters. The maximum absolute atomic E-state index is 6.04. The first-order valence-corrected chi connectivity index (χ1v) is 6.85. The second kappa shape index (κ2) is 5.06. The summed E-state index contributed by atoms with van der Waals surface area (Å²) in [5, 5.41) is 0.440. The van der Waals surface area contributed by atoms with Gasteiger partial charge in [-0.3, -0.25) is 0 Å². The zero-order valence-corrected chi connectivity index (χ0v) is 12.6. The summed E-state index contributed by atoms with van der Waals surface area (Å²) in [6.45, 7) is 8.62. The summed E-state index contributed by atoms with van der Waals surface area (Å²) in [5.41, 5.74) is 6.57. The molecule has 2 N–H and O–H groups in total. The van der Waals surface area contributed by atoms with Crippen LogP contribution in [-0.2, 0) is 15.7 Å². The molecule has 1 saturated heterocycles. The van der Waals surface area contributed by atoms with Gasteiger partial charge in [0.1, 0.15) is 5.15 Å². The molecule has 0 amide bonds. The van der Waals surface area contributed by atoms with Crippen molar-refractivity contribution in [3.8, 4) is 0 Å². The van der Waals surface area contributed by atoms with Crippen LogP contribution in [0.25, 0.3) is 0 Å². The molecule has 1 aromatic heterocycles. The van der Waals surface area contributed by atoms with Gasteiger partial charge >= 0.3 is 7.12 Å². The molecule has 104 valence electrons. The minimum Gasteiger partial charge on any atom is -0.398 e. The van der Waals surface area contributed by atoms with Crippen LogP contribution in [0.5, 0.6) is 0 Å². The Morgan fingerprint density at radius 2 is 1.79 bits per heavy atom. The third kappa shape index (κ3) is 2.94. The Morgan fingerprint density at radius 1 is 1.21 bits per heavy atom. The van der Waals surface area contributed by atoms with Gasteiger partial charge in [-0.15, -0.1) is 0 Å². The Hall–Kier alpha value is -0.615. The van der Waals surface area contributed by atoms with Gasteiger partial charge in [-0.05, 0) is 58.4 Å². The van der Waals surface area contributed by atoms with E-state index in [9.17, 15) is 0 Å². The van der Waals surface area contributed by atoms with Gasteiger partial charge in [0.2, 0.25) is 0 Å². The summed E-state index contributed by atoms with van der Waals surface area (Å²) in [5.74, 6) is 0. The lowest BCUT2D eigenvalue weighted by molar-refractivity contribution is 0.00578. The fourth-order valence-corrected chi connectivity index (χ4v) is 2.21. The minimum absolute atomic E-state index is 0.379. The molecule has 2 rings (SSSR count). The number of rotatable bonds is 3. The van der Waals surface area contributed by atoms with Gasteiger partial charge in [0, 0.05) is 0 Å². The molecule has 19 heavy (non-hydrogen) atoms. The van der Waals surface area contributed by atoms with Crippen molar-refractivity contribution in [1.82, 2.24) is 4.98 Å². The summed E-state index contributed by atoms with van der Waals surface area (Å²) < 4.78 is 11.9. The molecule has 0 spiro atoms. The average molecular weight is 283 g/mol. The lowest BCUT2D eigenvalue weighted by atomic mass is 9.83. The first-order chi connectivity index (χ1) is 8.75. The second-order valence-electron chi connectivity index (χ2n) is 5.85. The van der Waals surface area contributed by atoms with E-state index in [4.69, 9.17) is 26.6 Å². The van der Waals surface area contributed by atoms with Crippen LogP contribution in [0.15, 0.2) is 12.1 Å². The smallest absolute Gasteiger partial charge is 0.398 e. The van der Waals surface area contributed by atoms with Crippen molar-refractivity contribution in [1.29, 1.82) is 0 Å². The van der Waals surface area contributed by atoms with Gasteiger partial charge < -0.3 is 15.0 Å². The standard InChI is InChI=1S/C13H20BClN2O2/c1-12(2)13(3,4)19-14(18-12)10-7-9(5-6-16)8-11(15)17-10/h7-8H,5-6,16H2,1-4H3. The molecular weight excluding hydrogens is 262 g/mol. The Morgan fingerprint density at radius 3 is 2.32 bits per heavy atom. The van der Waals surface area contributed by atoms with E-state index in [-0.39, 0.29) is 11.2 Å². The van der Waals surface area contributed by atoms with Gasteiger partial charge in [-0.1, -0.05) is 11.6 Å². The Kier molecular flexibility index (Phi) is 3.93. The monoisotopic (exact) mass is 282 g/mol. The summed E-state index contributed by atoms with van der Waals surface area (Å²) in [4.78, 5) is 4.30. The summed E-state index contributed by atoms with van der Waals surface area (Å²) in [6, 6.07) is 3.77. The van der Waals surface area contributed by atoms with Crippen molar-refractivity contribution >= 4 is 24.3 Å². The molecule has 0 unspecified atom stereocenters. The van der Waals surface area contributed by atoms with Gasteiger partial charge in [-0.2, -0.15) is 0 Å². The third-order valence-corrected chi connectivity index (χ3v) is 4.00. The topological polar surface area (TPSA) is 57.4 Å². The van der Waals surface area contributed by atoms with Crippen LogP contribution in [0.1, 0.15) is 33.3 Å². The van der Waals surface area contributed by atoms with Crippen LogP contribution in [0.4, 0.5) is 0 Å². The number of nitrogens with two attached hydrogens (primary N) is 1. The first-order valence-electron chi connectivity index (χ1n) is 6.47. The minimum atomic E-state index is -0.486. The highest BCUT2D eigenvalue weighted by Crippen LogP contribution is 2.36. The molecular formula is C13H20BClN2O2. The van der Waals surface area contributed by atoms with Gasteiger partial charge in [0.15, 0.2) is 0 Å². The Labute approximate surface area is 119 Å². The molecule has 0 saturated carbocycles. The molecule has 1 aliphatic heterocycles. The maximum Gasteiger partial charge on any atom is 0.514 e. The van der Waals surface area contributed by atoms with E-state index in [2.05, 4.69) is 4.98 Å². The second-order valence-corrected chi connectivity index (χ2v) is 6.24. The van der Waals surface area contributed by atoms with Crippen LogP contribution in [0, 0.1) is 0 Å². The molecule has 4 nitrogen and oxygen atoms in total. The number of hydrogen-bond acceptors (Lipinski definition) is 4. The molecule has 1 aliphatic rings. The summed E-state index contributed by atoms with van der Waals surface area (Å²) in [7, 11) is -0.486. The van der Waals surface area contributed by atoms with Crippen LogP contribution in [0.2, 0.25) is 5.15 Å². The van der Waals surface area contributed by atoms with E-state index in [1.54, 1.807) is 0 Å². The predicted octanol–water partition coefficient (Wildman–Crippen LogP) is 1.54. The van der Waals surface area contributed by atoms with Crippen molar-refractivity contribution in [2.75, 3.05) is 6.54 Å². The summed E-state index contributed by atoms with van der Waals surface area (Å²) >= 11 is 6.04. The molecule has 0 aliphatic carbocycles. The van der Waals surface area contributed by atoms with Crippen molar-refractivity contribution in [3.05, 3.63) is 22.8 Å². The molecule has 0 radical (unpaired) electrons. The van der Waals surface area contributed by atoms with Crippen molar-refractivity contribution in [2.45, 2.75) is 45.3 Å². The average Bonchev–Trinajstić information content (AvgIpc) is 2.48. The van der Waals surface area contributed by atoms with E-state index < -0.39 is 7.12 Å². The highest BCUT2D eigenvalue weighted by Gasteiger charge is 2.52. The fraction of sp³-hybridized carbons (Fsp3) is 0.615.